The number of aliphatic hydroxyl groups is 1. The third kappa shape index (κ3) is 3.54. The zero-order valence-electron chi connectivity index (χ0n) is 14.2. The summed E-state index contributed by atoms with van der Waals surface area (Å²) < 4.78 is 19.9. The predicted octanol–water partition coefficient (Wildman–Crippen LogP) is 0.996. The minimum Gasteiger partial charge on any atom is -0.394 e. The normalized spacial score (nSPS) is 20.2. The van der Waals surface area contributed by atoms with Crippen molar-refractivity contribution >= 4 is 5.91 Å². The highest BCUT2D eigenvalue weighted by atomic mass is 19.1. The van der Waals surface area contributed by atoms with Gasteiger partial charge in [-0.2, -0.15) is 0 Å². The van der Waals surface area contributed by atoms with E-state index >= 15 is 0 Å². The number of carbonyl (C=O) groups excluding carboxylic acids is 1. The molecule has 0 unspecified atom stereocenters. The monoisotopic (exact) mass is 348 g/mol. The number of carbonyl (C=O) groups is 1. The van der Waals surface area contributed by atoms with Gasteiger partial charge in [0.2, 0.25) is 0 Å². The molecule has 1 aromatic heterocycles. The van der Waals surface area contributed by atoms with E-state index in [1.165, 1.54) is 12.1 Å². The SMILES string of the molecule is CO[C@H]1C[C@@H](CO)N(C(=O)c2nnn(Cc3ccc(F)cc3)c2C)C1. The molecule has 0 saturated carbocycles. The van der Waals surface area contributed by atoms with Gasteiger partial charge in [-0.1, -0.05) is 17.3 Å². The van der Waals surface area contributed by atoms with E-state index in [1.54, 1.807) is 35.7 Å². The smallest absolute Gasteiger partial charge is 0.276 e. The first kappa shape index (κ1) is 17.5. The first-order chi connectivity index (χ1) is 12.0. The van der Waals surface area contributed by atoms with Gasteiger partial charge in [0.05, 0.1) is 31.0 Å². The van der Waals surface area contributed by atoms with Gasteiger partial charge in [-0.3, -0.25) is 4.79 Å². The highest BCUT2D eigenvalue weighted by Gasteiger charge is 2.37. The quantitative estimate of drug-likeness (QED) is 0.872. The van der Waals surface area contributed by atoms with Crippen LogP contribution in [0.25, 0.3) is 0 Å². The van der Waals surface area contributed by atoms with Crippen LogP contribution in [-0.2, 0) is 11.3 Å². The second-order valence-corrected chi connectivity index (χ2v) is 6.19. The Bertz CT molecular complexity index is 747. The van der Waals surface area contributed by atoms with E-state index in [0.717, 1.165) is 5.56 Å². The van der Waals surface area contributed by atoms with Crippen molar-refractivity contribution in [3.8, 4) is 0 Å². The lowest BCUT2D eigenvalue weighted by Gasteiger charge is -2.21. The molecule has 1 aromatic carbocycles. The van der Waals surface area contributed by atoms with Crippen LogP contribution in [0, 0.1) is 12.7 Å². The second-order valence-electron chi connectivity index (χ2n) is 6.19. The van der Waals surface area contributed by atoms with E-state index in [2.05, 4.69) is 10.3 Å². The molecular formula is C17H21FN4O3. The third-order valence-corrected chi connectivity index (χ3v) is 4.61. The molecule has 0 aliphatic carbocycles. The van der Waals surface area contributed by atoms with Gasteiger partial charge in [0.15, 0.2) is 5.69 Å². The molecule has 2 atom stereocenters. The van der Waals surface area contributed by atoms with E-state index in [1.807, 2.05) is 0 Å². The van der Waals surface area contributed by atoms with Crippen LogP contribution in [0.5, 0.6) is 0 Å². The van der Waals surface area contributed by atoms with Crippen LogP contribution in [0.3, 0.4) is 0 Å². The van der Waals surface area contributed by atoms with Crippen LogP contribution in [-0.4, -0.2) is 63.3 Å². The van der Waals surface area contributed by atoms with Gasteiger partial charge in [0.25, 0.3) is 5.91 Å². The van der Waals surface area contributed by atoms with Crippen molar-refractivity contribution in [2.24, 2.45) is 0 Å². The summed E-state index contributed by atoms with van der Waals surface area (Å²) in [5, 5.41) is 17.6. The molecule has 2 aromatic rings. The Morgan fingerprint density at radius 1 is 1.40 bits per heavy atom. The van der Waals surface area contributed by atoms with E-state index in [4.69, 9.17) is 4.74 Å². The summed E-state index contributed by atoms with van der Waals surface area (Å²) in [6, 6.07) is 5.83. The molecule has 25 heavy (non-hydrogen) atoms. The molecule has 1 aliphatic rings. The van der Waals surface area contributed by atoms with Crippen LogP contribution >= 0.6 is 0 Å². The summed E-state index contributed by atoms with van der Waals surface area (Å²) in [7, 11) is 1.59. The summed E-state index contributed by atoms with van der Waals surface area (Å²) in [5.41, 5.74) is 1.76. The fourth-order valence-electron chi connectivity index (χ4n) is 3.07. The lowest BCUT2D eigenvalue weighted by Crippen LogP contribution is -2.38. The molecule has 0 radical (unpaired) electrons. The molecule has 1 saturated heterocycles. The predicted molar refractivity (Wildman–Crippen MR) is 87.6 cm³/mol. The maximum atomic E-state index is 13.0. The van der Waals surface area contributed by atoms with Crippen LogP contribution in [0.4, 0.5) is 4.39 Å². The summed E-state index contributed by atoms with van der Waals surface area (Å²) in [5.74, 6) is -0.562. The van der Waals surface area contributed by atoms with Crippen molar-refractivity contribution in [1.82, 2.24) is 19.9 Å². The van der Waals surface area contributed by atoms with Crippen LogP contribution < -0.4 is 0 Å². The van der Waals surface area contributed by atoms with E-state index < -0.39 is 0 Å². The van der Waals surface area contributed by atoms with Crippen molar-refractivity contribution < 1.29 is 19.0 Å². The highest BCUT2D eigenvalue weighted by molar-refractivity contribution is 5.93. The molecule has 0 bridgehead atoms. The fourth-order valence-corrected chi connectivity index (χ4v) is 3.07. The summed E-state index contributed by atoms with van der Waals surface area (Å²) in [6.45, 7) is 2.48. The Morgan fingerprint density at radius 2 is 2.12 bits per heavy atom. The first-order valence-electron chi connectivity index (χ1n) is 8.12. The number of methoxy groups -OCH3 is 1. The van der Waals surface area contributed by atoms with Crippen molar-refractivity contribution in [3.05, 3.63) is 47.0 Å². The Balaban J connectivity index is 1.78. The number of aliphatic hydroxyl groups excluding tert-OH is 1. The highest BCUT2D eigenvalue weighted by Crippen LogP contribution is 2.22. The van der Waals surface area contributed by atoms with Crippen LogP contribution in [0.1, 0.15) is 28.2 Å². The largest absolute Gasteiger partial charge is 0.394 e. The number of ether oxygens (including phenoxy) is 1. The topological polar surface area (TPSA) is 80.5 Å². The van der Waals surface area contributed by atoms with Crippen molar-refractivity contribution in [2.75, 3.05) is 20.3 Å². The van der Waals surface area contributed by atoms with Gasteiger partial charge in [-0.25, -0.2) is 9.07 Å². The number of rotatable bonds is 5. The molecule has 7 nitrogen and oxygen atoms in total. The number of halogens is 1. The van der Waals surface area contributed by atoms with E-state index in [0.29, 0.717) is 25.2 Å². The van der Waals surface area contributed by atoms with Crippen molar-refractivity contribution in [1.29, 1.82) is 0 Å². The first-order valence-corrected chi connectivity index (χ1v) is 8.12. The van der Waals surface area contributed by atoms with Crippen LogP contribution in [0.15, 0.2) is 24.3 Å². The van der Waals surface area contributed by atoms with Gasteiger partial charge in [0, 0.05) is 13.7 Å². The minimum absolute atomic E-state index is 0.0873. The lowest BCUT2D eigenvalue weighted by molar-refractivity contribution is 0.0641. The third-order valence-electron chi connectivity index (χ3n) is 4.61. The molecule has 2 heterocycles. The summed E-state index contributed by atoms with van der Waals surface area (Å²) in [4.78, 5) is 14.4. The average molecular weight is 348 g/mol. The zero-order chi connectivity index (χ0) is 18.0. The Hall–Kier alpha value is -2.32. The molecular weight excluding hydrogens is 327 g/mol. The molecule has 1 aliphatic heterocycles. The average Bonchev–Trinajstić information content (AvgIpc) is 3.20. The number of hydrogen-bond acceptors (Lipinski definition) is 5. The molecule has 134 valence electrons. The van der Waals surface area contributed by atoms with Crippen molar-refractivity contribution in [3.63, 3.8) is 0 Å². The molecule has 1 fully saturated rings. The zero-order valence-corrected chi connectivity index (χ0v) is 14.2. The lowest BCUT2D eigenvalue weighted by atomic mass is 10.2. The van der Waals surface area contributed by atoms with Crippen LogP contribution in [0.2, 0.25) is 0 Å². The second kappa shape index (κ2) is 7.28. The number of hydrogen-bond donors (Lipinski definition) is 1. The van der Waals surface area contributed by atoms with Gasteiger partial charge >= 0.3 is 0 Å². The Labute approximate surface area is 145 Å². The molecule has 1 N–H and O–H groups in total. The van der Waals surface area contributed by atoms with Gasteiger partial charge in [-0.05, 0) is 31.0 Å². The molecule has 3 rings (SSSR count). The Kier molecular flexibility index (Phi) is 5.10. The number of aromatic nitrogens is 3. The maximum Gasteiger partial charge on any atom is 0.276 e. The number of nitrogens with zero attached hydrogens (tertiary/aromatic N) is 4. The van der Waals surface area contributed by atoms with Gasteiger partial charge in [0.1, 0.15) is 5.82 Å². The van der Waals surface area contributed by atoms with E-state index in [-0.39, 0.29) is 36.2 Å². The number of benzene rings is 1. The standard InChI is InChI=1S/C17H21FN4O3/c1-11-16(17(24)21-9-15(25-2)7-14(21)10-23)19-20-22(11)8-12-3-5-13(18)6-4-12/h3-6,14-15,23H,7-10H2,1-2H3/t14-,15-/m0/s1. The number of likely N-dealkylation sites (tertiary alicyclic amines) is 1. The minimum atomic E-state index is -0.299. The molecule has 1 amide bonds. The van der Waals surface area contributed by atoms with E-state index in [9.17, 15) is 14.3 Å². The molecule has 8 heteroatoms. The summed E-state index contributed by atoms with van der Waals surface area (Å²) in [6.07, 6.45) is 0.511. The summed E-state index contributed by atoms with van der Waals surface area (Å²) >= 11 is 0. The van der Waals surface area contributed by atoms with Gasteiger partial charge < -0.3 is 14.7 Å². The number of amides is 1. The van der Waals surface area contributed by atoms with Gasteiger partial charge in [-0.15, -0.1) is 5.10 Å². The molecule has 0 spiro atoms. The Morgan fingerprint density at radius 3 is 2.76 bits per heavy atom. The van der Waals surface area contributed by atoms with Crippen molar-refractivity contribution in [2.45, 2.75) is 32.0 Å². The fraction of sp³-hybridized carbons (Fsp3) is 0.471. The maximum absolute atomic E-state index is 13.0.